The molecule has 0 aliphatic carbocycles. The third-order valence-electron chi connectivity index (χ3n) is 2.32. The Morgan fingerprint density at radius 3 is 2.84 bits per heavy atom. The van der Waals surface area contributed by atoms with Gasteiger partial charge in [-0.1, -0.05) is 23.7 Å². The van der Waals surface area contributed by atoms with Gasteiger partial charge in [0, 0.05) is 18.0 Å². The van der Waals surface area contributed by atoms with Gasteiger partial charge in [-0.15, -0.1) is 0 Å². The summed E-state index contributed by atoms with van der Waals surface area (Å²) in [6.07, 6.45) is 4.57. The van der Waals surface area contributed by atoms with Gasteiger partial charge in [0.25, 0.3) is 0 Å². The van der Waals surface area contributed by atoms with Crippen LogP contribution in [-0.4, -0.2) is 10.9 Å². The number of amides is 1. The predicted molar refractivity (Wildman–Crippen MR) is 77.8 cm³/mol. The van der Waals surface area contributed by atoms with Gasteiger partial charge in [-0.25, -0.2) is 4.98 Å². The van der Waals surface area contributed by atoms with E-state index in [1.807, 2.05) is 12.1 Å². The van der Waals surface area contributed by atoms with E-state index in [1.54, 1.807) is 30.3 Å². The Labute approximate surface area is 115 Å². The second kappa shape index (κ2) is 6.02. The molecule has 96 valence electrons. The first-order valence-electron chi connectivity index (χ1n) is 5.59. The molecule has 0 aliphatic heterocycles. The first kappa shape index (κ1) is 13.1. The molecular weight excluding hydrogens is 262 g/mol. The van der Waals surface area contributed by atoms with Crippen LogP contribution in [0.3, 0.4) is 0 Å². The number of rotatable bonds is 3. The molecule has 0 spiro atoms. The highest BCUT2D eigenvalue weighted by Crippen LogP contribution is 2.10. The number of nitrogen functional groups attached to an aromatic ring is 1. The summed E-state index contributed by atoms with van der Waals surface area (Å²) in [5, 5.41) is 3.15. The second-order valence-corrected chi connectivity index (χ2v) is 4.29. The van der Waals surface area contributed by atoms with E-state index in [0.29, 0.717) is 16.5 Å². The smallest absolute Gasteiger partial charge is 0.249 e. The van der Waals surface area contributed by atoms with E-state index in [4.69, 9.17) is 17.3 Å². The van der Waals surface area contributed by atoms with Gasteiger partial charge < -0.3 is 11.1 Å². The minimum absolute atomic E-state index is 0.266. The predicted octanol–water partition coefficient (Wildman–Crippen LogP) is 2.97. The van der Waals surface area contributed by atoms with Crippen molar-refractivity contribution in [1.82, 2.24) is 4.98 Å². The third kappa shape index (κ3) is 4.12. The van der Waals surface area contributed by atoms with Gasteiger partial charge >= 0.3 is 0 Å². The largest absolute Gasteiger partial charge is 0.399 e. The number of halogens is 1. The van der Waals surface area contributed by atoms with Crippen LogP contribution in [0.15, 0.2) is 48.7 Å². The summed E-state index contributed by atoms with van der Waals surface area (Å²) in [5.41, 5.74) is 7.16. The third-order valence-corrected chi connectivity index (χ3v) is 2.54. The molecule has 0 atom stereocenters. The zero-order valence-corrected chi connectivity index (χ0v) is 10.8. The first-order valence-corrected chi connectivity index (χ1v) is 5.97. The van der Waals surface area contributed by atoms with Crippen LogP contribution in [0.5, 0.6) is 0 Å². The van der Waals surface area contributed by atoms with E-state index in [2.05, 4.69) is 10.3 Å². The van der Waals surface area contributed by atoms with Crippen LogP contribution < -0.4 is 11.1 Å². The van der Waals surface area contributed by atoms with Crippen LogP contribution in [0, 0.1) is 0 Å². The highest BCUT2D eigenvalue weighted by atomic mass is 35.5. The molecule has 2 aromatic rings. The number of hydrogen-bond donors (Lipinski definition) is 2. The summed E-state index contributed by atoms with van der Waals surface area (Å²) in [7, 11) is 0. The Balaban J connectivity index is 1.99. The molecule has 1 heterocycles. The molecule has 1 aromatic heterocycles. The fourth-order valence-corrected chi connectivity index (χ4v) is 1.56. The number of nitrogens with two attached hydrogens (primary N) is 1. The van der Waals surface area contributed by atoms with Crippen LogP contribution in [0.2, 0.25) is 5.02 Å². The molecule has 5 heteroatoms. The zero-order valence-electron chi connectivity index (χ0n) is 10.0. The molecule has 0 saturated heterocycles. The van der Waals surface area contributed by atoms with Crippen LogP contribution in [0.25, 0.3) is 6.08 Å². The fourth-order valence-electron chi connectivity index (χ4n) is 1.45. The minimum atomic E-state index is -0.266. The van der Waals surface area contributed by atoms with E-state index in [1.165, 1.54) is 12.3 Å². The molecule has 0 aliphatic rings. The van der Waals surface area contributed by atoms with Crippen LogP contribution in [0.4, 0.5) is 11.5 Å². The Kier molecular flexibility index (Phi) is 4.15. The maximum Gasteiger partial charge on any atom is 0.249 e. The number of hydrogen-bond acceptors (Lipinski definition) is 3. The number of carbonyl (C=O) groups excluding carboxylic acids is 1. The lowest BCUT2D eigenvalue weighted by Gasteiger charge is -2.00. The summed E-state index contributed by atoms with van der Waals surface area (Å²) in [6.45, 7) is 0. The van der Waals surface area contributed by atoms with Crippen LogP contribution in [0.1, 0.15) is 5.56 Å². The molecule has 2 rings (SSSR count). The number of carbonyl (C=O) groups is 1. The summed E-state index contributed by atoms with van der Waals surface area (Å²) in [4.78, 5) is 15.6. The number of pyridine rings is 1. The monoisotopic (exact) mass is 273 g/mol. The van der Waals surface area contributed by atoms with Crippen molar-refractivity contribution in [2.24, 2.45) is 0 Å². The molecule has 0 radical (unpaired) electrons. The SMILES string of the molecule is Nc1cccc(/C=C/C(=O)Nc2ccc(Cl)cn2)c1. The molecule has 1 amide bonds. The standard InChI is InChI=1S/C14H12ClN3O/c15-11-5-6-13(17-9-11)18-14(19)7-4-10-2-1-3-12(16)8-10/h1-9H,16H2,(H,17,18,19)/b7-4+. The van der Waals surface area contributed by atoms with Gasteiger partial charge in [0.2, 0.25) is 5.91 Å². The molecule has 0 bridgehead atoms. The first-order chi connectivity index (χ1) is 9.13. The lowest BCUT2D eigenvalue weighted by molar-refractivity contribution is -0.111. The van der Waals surface area contributed by atoms with Crippen molar-refractivity contribution in [2.75, 3.05) is 11.1 Å². The quantitative estimate of drug-likeness (QED) is 0.667. The molecule has 4 nitrogen and oxygen atoms in total. The lowest BCUT2D eigenvalue weighted by atomic mass is 10.2. The van der Waals surface area contributed by atoms with Gasteiger partial charge in [0.1, 0.15) is 5.82 Å². The maximum absolute atomic E-state index is 11.7. The van der Waals surface area contributed by atoms with Gasteiger partial charge in [-0.3, -0.25) is 4.79 Å². The van der Waals surface area contributed by atoms with Crippen molar-refractivity contribution < 1.29 is 4.79 Å². The molecule has 3 N–H and O–H groups in total. The van der Waals surface area contributed by atoms with Crippen molar-refractivity contribution in [3.8, 4) is 0 Å². The van der Waals surface area contributed by atoms with E-state index in [0.717, 1.165) is 5.56 Å². The molecule has 0 fully saturated rings. The van der Waals surface area contributed by atoms with Gasteiger partial charge in [-0.05, 0) is 35.9 Å². The van der Waals surface area contributed by atoms with Crippen molar-refractivity contribution in [2.45, 2.75) is 0 Å². The van der Waals surface area contributed by atoms with Gasteiger partial charge in [-0.2, -0.15) is 0 Å². The maximum atomic E-state index is 11.7. The van der Waals surface area contributed by atoms with Crippen LogP contribution in [-0.2, 0) is 4.79 Å². The highest BCUT2D eigenvalue weighted by Gasteiger charge is 1.99. The lowest BCUT2D eigenvalue weighted by Crippen LogP contribution is -2.08. The fraction of sp³-hybridized carbons (Fsp3) is 0. The van der Waals surface area contributed by atoms with E-state index < -0.39 is 0 Å². The van der Waals surface area contributed by atoms with Crippen molar-refractivity contribution in [3.63, 3.8) is 0 Å². The number of nitrogens with zero attached hydrogens (tertiary/aromatic N) is 1. The highest BCUT2D eigenvalue weighted by molar-refractivity contribution is 6.30. The number of nitrogens with one attached hydrogen (secondary N) is 1. The van der Waals surface area contributed by atoms with Crippen molar-refractivity contribution >= 4 is 35.1 Å². The van der Waals surface area contributed by atoms with Crippen LogP contribution >= 0.6 is 11.6 Å². The van der Waals surface area contributed by atoms with Gasteiger partial charge in [0.05, 0.1) is 5.02 Å². The number of anilines is 2. The molecular formula is C14H12ClN3O. The molecule has 1 aromatic carbocycles. The van der Waals surface area contributed by atoms with Crippen molar-refractivity contribution in [3.05, 3.63) is 59.3 Å². The number of aromatic nitrogens is 1. The average molecular weight is 274 g/mol. The number of benzene rings is 1. The Bertz CT molecular complexity index is 608. The molecule has 0 saturated carbocycles. The summed E-state index contributed by atoms with van der Waals surface area (Å²) >= 11 is 5.70. The zero-order chi connectivity index (χ0) is 13.7. The normalized spacial score (nSPS) is 10.6. The van der Waals surface area contributed by atoms with E-state index in [-0.39, 0.29) is 5.91 Å². The molecule has 19 heavy (non-hydrogen) atoms. The van der Waals surface area contributed by atoms with Crippen molar-refractivity contribution in [1.29, 1.82) is 0 Å². The Hall–Kier alpha value is -2.33. The summed E-state index contributed by atoms with van der Waals surface area (Å²) in [5.74, 6) is 0.184. The average Bonchev–Trinajstić information content (AvgIpc) is 2.39. The minimum Gasteiger partial charge on any atom is -0.399 e. The molecule has 0 unspecified atom stereocenters. The van der Waals surface area contributed by atoms with Gasteiger partial charge in [0.15, 0.2) is 0 Å². The topological polar surface area (TPSA) is 68.0 Å². The van der Waals surface area contributed by atoms with E-state index in [9.17, 15) is 4.79 Å². The summed E-state index contributed by atoms with van der Waals surface area (Å²) in [6, 6.07) is 10.5. The second-order valence-electron chi connectivity index (χ2n) is 3.85. The Morgan fingerprint density at radius 1 is 1.32 bits per heavy atom. The summed E-state index contributed by atoms with van der Waals surface area (Å²) < 4.78 is 0. The van der Waals surface area contributed by atoms with E-state index >= 15 is 0 Å². The Morgan fingerprint density at radius 2 is 2.16 bits per heavy atom.